The minimum atomic E-state index is -0.594. The molecule has 0 saturated carbocycles. The lowest BCUT2D eigenvalue weighted by atomic mass is 9.95. The second kappa shape index (κ2) is 8.02. The largest absolute Gasteiger partial charge is 0.352 e. The first-order valence-corrected chi connectivity index (χ1v) is 10.9. The van der Waals surface area contributed by atoms with Gasteiger partial charge >= 0.3 is 0 Å². The Morgan fingerprint density at radius 2 is 1.97 bits per heavy atom. The molecule has 0 aliphatic heterocycles. The summed E-state index contributed by atoms with van der Waals surface area (Å²) in [6, 6.07) is 5.49. The summed E-state index contributed by atoms with van der Waals surface area (Å²) in [5.41, 5.74) is 2.55. The predicted octanol–water partition coefficient (Wildman–Crippen LogP) is 3.18. The molecule has 2 N–H and O–H groups in total. The van der Waals surface area contributed by atoms with Crippen LogP contribution in [0.2, 0.25) is 0 Å². The number of nitrogens with one attached hydrogen (secondary N) is 2. The molecule has 0 bridgehead atoms. The quantitative estimate of drug-likeness (QED) is 0.673. The van der Waals surface area contributed by atoms with Gasteiger partial charge in [-0.1, -0.05) is 11.6 Å². The van der Waals surface area contributed by atoms with Crippen LogP contribution < -0.4 is 16.1 Å². The number of hydrogen-bond donors (Lipinski definition) is 2. The zero-order valence-electron chi connectivity index (χ0n) is 17.3. The Labute approximate surface area is 178 Å². The van der Waals surface area contributed by atoms with Crippen molar-refractivity contribution in [1.82, 2.24) is 15.1 Å². The van der Waals surface area contributed by atoms with E-state index in [0.717, 1.165) is 41.7 Å². The molecule has 8 heteroatoms. The third-order valence-electron chi connectivity index (χ3n) is 5.39. The van der Waals surface area contributed by atoms with Gasteiger partial charge < -0.3 is 10.6 Å². The van der Waals surface area contributed by atoms with Gasteiger partial charge in [-0.2, -0.15) is 5.10 Å². The van der Waals surface area contributed by atoms with E-state index in [9.17, 15) is 14.4 Å². The third-order valence-corrected chi connectivity index (χ3v) is 6.60. The van der Waals surface area contributed by atoms with Crippen molar-refractivity contribution in [1.29, 1.82) is 0 Å². The summed E-state index contributed by atoms with van der Waals surface area (Å²) in [6.07, 6.45) is 3.82. The highest BCUT2D eigenvalue weighted by Gasteiger charge is 2.27. The van der Waals surface area contributed by atoms with E-state index in [-0.39, 0.29) is 11.6 Å². The molecule has 4 rings (SSSR count). The Balaban J connectivity index is 1.76. The molecule has 0 radical (unpaired) electrons. The molecule has 30 heavy (non-hydrogen) atoms. The average molecular weight is 425 g/mol. The van der Waals surface area contributed by atoms with Crippen LogP contribution in [0.5, 0.6) is 0 Å². The first-order valence-electron chi connectivity index (χ1n) is 10.1. The van der Waals surface area contributed by atoms with Crippen molar-refractivity contribution in [2.45, 2.75) is 39.5 Å². The first-order chi connectivity index (χ1) is 14.4. The summed E-state index contributed by atoms with van der Waals surface area (Å²) < 4.78 is 1.54. The number of benzene rings is 1. The van der Waals surface area contributed by atoms with Crippen LogP contribution in [-0.2, 0) is 19.9 Å². The molecule has 1 aliphatic carbocycles. The van der Waals surface area contributed by atoms with E-state index in [1.807, 2.05) is 26.0 Å². The Morgan fingerprint density at radius 1 is 1.20 bits per heavy atom. The maximum absolute atomic E-state index is 13.0. The zero-order valence-corrected chi connectivity index (χ0v) is 18.1. The highest BCUT2D eigenvalue weighted by Crippen LogP contribution is 2.38. The van der Waals surface area contributed by atoms with Crippen molar-refractivity contribution in [3.63, 3.8) is 0 Å². The lowest BCUT2D eigenvalue weighted by molar-refractivity contribution is 0.0956. The van der Waals surface area contributed by atoms with E-state index < -0.39 is 11.3 Å². The van der Waals surface area contributed by atoms with E-state index >= 15 is 0 Å². The molecule has 0 saturated heterocycles. The fourth-order valence-electron chi connectivity index (χ4n) is 3.94. The monoisotopic (exact) mass is 424 g/mol. The molecule has 156 valence electrons. The van der Waals surface area contributed by atoms with Crippen LogP contribution >= 0.6 is 11.3 Å². The number of aromatic nitrogens is 2. The van der Waals surface area contributed by atoms with Crippen molar-refractivity contribution < 1.29 is 9.59 Å². The molecule has 2 aromatic heterocycles. The molecule has 0 fully saturated rings. The lowest BCUT2D eigenvalue weighted by Gasteiger charge is -2.13. The smallest absolute Gasteiger partial charge is 0.280 e. The van der Waals surface area contributed by atoms with Crippen molar-refractivity contribution in [3.8, 4) is 0 Å². The molecule has 7 nitrogen and oxygen atoms in total. The minimum Gasteiger partial charge on any atom is -0.352 e. The summed E-state index contributed by atoms with van der Waals surface area (Å²) in [7, 11) is 1.71. The minimum absolute atomic E-state index is 0.177. The molecule has 1 aliphatic rings. The number of thiophene rings is 1. The number of anilines is 1. The van der Waals surface area contributed by atoms with E-state index in [2.05, 4.69) is 15.7 Å². The van der Waals surface area contributed by atoms with Crippen LogP contribution in [0, 0.1) is 6.92 Å². The van der Waals surface area contributed by atoms with E-state index in [4.69, 9.17) is 0 Å². The molecule has 3 aromatic rings. The van der Waals surface area contributed by atoms with Gasteiger partial charge in [0, 0.05) is 18.5 Å². The summed E-state index contributed by atoms with van der Waals surface area (Å²) in [5.74, 6) is -0.787. The fraction of sp³-hybridized carbons (Fsp3) is 0.364. The van der Waals surface area contributed by atoms with E-state index in [0.29, 0.717) is 28.0 Å². The highest BCUT2D eigenvalue weighted by atomic mass is 32.1. The van der Waals surface area contributed by atoms with Gasteiger partial charge in [-0.05, 0) is 57.2 Å². The number of carbonyl (C=O) groups excluding carboxylic acids is 2. The SMILES string of the molecule is CCNC(=O)c1c(NC(=O)c2nn(C)c3ccc(C)cc3c2=O)sc2c1CCCC2. The summed E-state index contributed by atoms with van der Waals surface area (Å²) in [6.45, 7) is 4.26. The molecule has 0 unspecified atom stereocenters. The summed E-state index contributed by atoms with van der Waals surface area (Å²) in [4.78, 5) is 39.9. The van der Waals surface area contributed by atoms with Gasteiger partial charge in [-0.25, -0.2) is 0 Å². The topological polar surface area (TPSA) is 93.1 Å². The second-order valence-electron chi connectivity index (χ2n) is 7.55. The third kappa shape index (κ3) is 3.52. The molecular formula is C22H24N4O3S. The van der Waals surface area contributed by atoms with Crippen LogP contribution in [0.15, 0.2) is 23.0 Å². The Bertz CT molecular complexity index is 1230. The molecule has 1 aromatic carbocycles. The predicted molar refractivity (Wildman–Crippen MR) is 119 cm³/mol. The number of rotatable bonds is 4. The van der Waals surface area contributed by atoms with Gasteiger partial charge in [0.25, 0.3) is 11.8 Å². The van der Waals surface area contributed by atoms with Crippen LogP contribution in [0.1, 0.15) is 56.6 Å². The van der Waals surface area contributed by atoms with Gasteiger partial charge in [0.2, 0.25) is 5.43 Å². The zero-order chi connectivity index (χ0) is 21.4. The van der Waals surface area contributed by atoms with Crippen molar-refractivity contribution in [2.75, 3.05) is 11.9 Å². The van der Waals surface area contributed by atoms with Crippen LogP contribution in [0.4, 0.5) is 5.00 Å². The fourth-order valence-corrected chi connectivity index (χ4v) is 5.23. The maximum Gasteiger partial charge on any atom is 0.280 e. The molecule has 0 spiro atoms. The molecule has 0 atom stereocenters. The van der Waals surface area contributed by atoms with Crippen molar-refractivity contribution in [2.24, 2.45) is 7.05 Å². The number of nitrogens with zero attached hydrogens (tertiary/aromatic N) is 2. The van der Waals surface area contributed by atoms with Crippen molar-refractivity contribution in [3.05, 3.63) is 55.7 Å². The van der Waals surface area contributed by atoms with Gasteiger partial charge in [-0.3, -0.25) is 19.1 Å². The standard InChI is InChI=1S/C22H24N4O3S/c1-4-23-20(28)17-13-7-5-6-8-16(13)30-22(17)24-21(29)18-19(27)14-11-12(2)9-10-15(14)26(3)25-18/h9-11H,4-8H2,1-3H3,(H,23,28)(H,24,29). The summed E-state index contributed by atoms with van der Waals surface area (Å²) >= 11 is 1.43. The molecular weight excluding hydrogens is 400 g/mol. The first kappa shape index (κ1) is 20.3. The Morgan fingerprint density at radius 3 is 2.73 bits per heavy atom. The Kier molecular flexibility index (Phi) is 5.42. The summed E-state index contributed by atoms with van der Waals surface area (Å²) in [5, 5.41) is 10.8. The molecule has 2 amide bonds. The van der Waals surface area contributed by atoms with Crippen molar-refractivity contribution >= 4 is 39.1 Å². The number of aryl methyl sites for hydroxylation is 3. The van der Waals surface area contributed by atoms with E-state index in [1.165, 1.54) is 16.0 Å². The van der Waals surface area contributed by atoms with E-state index in [1.54, 1.807) is 13.1 Å². The number of amides is 2. The lowest BCUT2D eigenvalue weighted by Crippen LogP contribution is -2.28. The number of hydrogen-bond acceptors (Lipinski definition) is 5. The van der Waals surface area contributed by atoms with Gasteiger partial charge in [0.05, 0.1) is 16.5 Å². The molecule has 2 heterocycles. The number of fused-ring (bicyclic) bond motifs is 2. The van der Waals surface area contributed by atoms with Gasteiger partial charge in [0.1, 0.15) is 5.00 Å². The normalized spacial score (nSPS) is 13.2. The van der Waals surface area contributed by atoms with Gasteiger partial charge in [-0.15, -0.1) is 11.3 Å². The van der Waals surface area contributed by atoms with Crippen LogP contribution in [-0.4, -0.2) is 28.1 Å². The van der Waals surface area contributed by atoms with Gasteiger partial charge in [0.15, 0.2) is 5.69 Å². The Hall–Kier alpha value is -3.00. The maximum atomic E-state index is 13.0. The highest BCUT2D eigenvalue weighted by molar-refractivity contribution is 7.17. The number of carbonyl (C=O) groups is 2. The average Bonchev–Trinajstić information content (AvgIpc) is 3.08. The van der Waals surface area contributed by atoms with Crippen LogP contribution in [0.3, 0.4) is 0 Å². The second-order valence-corrected chi connectivity index (χ2v) is 8.66. The van der Waals surface area contributed by atoms with Crippen LogP contribution in [0.25, 0.3) is 10.9 Å².